The monoisotopic (exact) mass is 1180 g/mol. The van der Waals surface area contributed by atoms with Gasteiger partial charge in [0, 0.05) is 55.9 Å². The Kier molecular flexibility index (Phi) is 16.5. The van der Waals surface area contributed by atoms with Crippen molar-refractivity contribution in [2.75, 3.05) is 15.8 Å². The molecular formula is C41H20ClCuN14Na3O11S4. The van der Waals surface area contributed by atoms with Crippen molar-refractivity contribution in [3.05, 3.63) is 102 Å². The number of aromatic nitrogens is 11. The van der Waals surface area contributed by atoms with E-state index in [-0.39, 0.29) is 212 Å². The molecular weight excluding hydrogens is 1160 g/mol. The van der Waals surface area contributed by atoms with E-state index < -0.39 is 66.5 Å². The zero-order valence-electron chi connectivity index (χ0n) is 38.0. The molecule has 4 N–H and O–H groups in total. The number of sulfonamides is 1. The van der Waals surface area contributed by atoms with Crippen LogP contribution < -0.4 is 114 Å². The molecule has 9 aromatic rings. The molecule has 2 aliphatic heterocycles. The number of hydrogen-bond donors (Lipinski definition) is 3. The van der Waals surface area contributed by atoms with Crippen molar-refractivity contribution in [3.63, 3.8) is 0 Å². The van der Waals surface area contributed by atoms with Gasteiger partial charge in [-0.15, -0.1) is 0 Å². The van der Waals surface area contributed by atoms with E-state index in [1.807, 2.05) is 0 Å². The second-order valence-electron chi connectivity index (χ2n) is 15.2. The van der Waals surface area contributed by atoms with Gasteiger partial charge >= 0.3 is 106 Å². The fourth-order valence-electron chi connectivity index (χ4n) is 7.82. The van der Waals surface area contributed by atoms with Crippen molar-refractivity contribution >= 4 is 119 Å². The molecule has 0 amide bonds. The Morgan fingerprint density at radius 2 is 1.07 bits per heavy atom. The molecule has 8 bridgehead atoms. The average Bonchev–Trinajstić information content (AvgIpc) is 4.03. The second-order valence-corrected chi connectivity index (χ2v) is 21.3. The largest absolute Gasteiger partial charge is 2.00 e. The van der Waals surface area contributed by atoms with E-state index in [1.54, 1.807) is 6.07 Å². The third kappa shape index (κ3) is 11.1. The van der Waals surface area contributed by atoms with Crippen LogP contribution in [0.2, 0.25) is 5.28 Å². The predicted octanol–water partition coefficient (Wildman–Crippen LogP) is -5.19. The summed E-state index contributed by atoms with van der Waals surface area (Å²) in [6.07, 6.45) is 0. The van der Waals surface area contributed by atoms with Gasteiger partial charge in [-0.2, -0.15) is 15.0 Å². The minimum absolute atomic E-state index is 0. The van der Waals surface area contributed by atoms with Crippen LogP contribution in [0.5, 0.6) is 0 Å². The Morgan fingerprint density at radius 3 is 1.77 bits per heavy atom. The zero-order chi connectivity index (χ0) is 49.9. The first-order valence-corrected chi connectivity index (χ1v) is 25.9. The maximum atomic E-state index is 14.1. The standard InChI is InChI=1S/C41H23ClN14O11S4.Cu.3Na/c42-39-53-40(43)55-41(54-39)44-17-4-1-5-18(14-17)56-68(57,58)19-10-12-21-25(15-19)35-47-32(21)49-37-30-24(7-3-9-28(30)71(65,66)67)34(51-37)52-38-29-23(6-2-8-27(29)70(62,63)64)33(50-38)45-31-22-13-11-20(69(59,60)61)16-26(22)36(46-31)48-35;;;;/h1-16,56H,(H6-2,43,44,45,46,47,48,49,50,51,52,53,54,55,59,60,61,62,63,64,65,66,67);;;;/q-2;+2;3*+1/p-3. The molecule has 0 atom stereocenters. The Hall–Kier alpha value is -4.64. The quantitative estimate of drug-likeness (QED) is 0.0945. The Balaban J connectivity index is 0.00000205. The number of nitrogens with zero attached hydrogens (tertiary/aromatic N) is 11. The van der Waals surface area contributed by atoms with Crippen LogP contribution in [0.25, 0.3) is 89.7 Å². The van der Waals surface area contributed by atoms with Gasteiger partial charge in [-0.3, -0.25) is 4.72 Å². The summed E-state index contributed by atoms with van der Waals surface area (Å²) in [5.41, 5.74) is 4.43. The van der Waals surface area contributed by atoms with Crippen LogP contribution in [0.3, 0.4) is 0 Å². The maximum Gasteiger partial charge on any atom is 2.00 e. The van der Waals surface area contributed by atoms with Crippen LogP contribution in [-0.4, -0.2) is 92.2 Å². The van der Waals surface area contributed by atoms with Gasteiger partial charge in [0.25, 0.3) is 10.0 Å². The number of fused-ring (bicyclic) bond motifs is 20. The summed E-state index contributed by atoms with van der Waals surface area (Å²) in [7, 11) is -20.1. The van der Waals surface area contributed by atoms with Crippen LogP contribution in [-0.2, 0) is 57.4 Å². The predicted molar refractivity (Wildman–Crippen MR) is 248 cm³/mol. The van der Waals surface area contributed by atoms with Crippen LogP contribution in [0.15, 0.2) is 117 Å². The zero-order valence-corrected chi connectivity index (χ0v) is 49.0. The molecule has 0 saturated heterocycles. The summed E-state index contributed by atoms with van der Waals surface area (Å²) in [6.45, 7) is 0. The Labute approximate surface area is 504 Å². The summed E-state index contributed by atoms with van der Waals surface area (Å²) in [4.78, 5) is 45.3. The third-order valence-corrected chi connectivity index (χ3v) is 14.9. The van der Waals surface area contributed by atoms with Crippen LogP contribution >= 0.6 is 11.6 Å². The van der Waals surface area contributed by atoms with Crippen molar-refractivity contribution in [2.24, 2.45) is 0 Å². The molecule has 5 aromatic carbocycles. The molecule has 6 heterocycles. The Bertz CT molecular complexity index is 4530. The molecule has 1 radical (unpaired) electrons. The molecule has 25 nitrogen and oxygen atoms in total. The molecule has 2 aliphatic rings. The van der Waals surface area contributed by atoms with E-state index >= 15 is 0 Å². The summed E-state index contributed by atoms with van der Waals surface area (Å²) >= 11 is 5.90. The summed E-state index contributed by atoms with van der Waals surface area (Å²) < 4.78 is 144. The smallest absolute Gasteiger partial charge is 0.744 e. The van der Waals surface area contributed by atoms with Gasteiger partial charge < -0.3 is 54.6 Å². The molecule has 75 heavy (non-hydrogen) atoms. The number of anilines is 4. The van der Waals surface area contributed by atoms with Gasteiger partial charge in [0.05, 0.1) is 48.6 Å². The van der Waals surface area contributed by atoms with E-state index in [0.29, 0.717) is 5.69 Å². The van der Waals surface area contributed by atoms with Crippen molar-refractivity contribution in [2.45, 2.75) is 19.6 Å². The molecule has 0 unspecified atom stereocenters. The first kappa shape index (κ1) is 58.1. The molecule has 34 heteroatoms. The minimum Gasteiger partial charge on any atom is -0.744 e. The van der Waals surface area contributed by atoms with Crippen molar-refractivity contribution < 1.29 is 153 Å². The minimum atomic E-state index is -5.28. The number of halogens is 1. The van der Waals surface area contributed by atoms with Crippen LogP contribution in [0.4, 0.5) is 23.3 Å². The summed E-state index contributed by atoms with van der Waals surface area (Å²) in [6, 6.07) is 20.1. The number of hydrogen-bond acceptors (Lipinski definition) is 22. The molecule has 4 aromatic heterocycles. The van der Waals surface area contributed by atoms with E-state index in [4.69, 9.17) is 17.3 Å². The number of benzene rings is 5. The van der Waals surface area contributed by atoms with Crippen molar-refractivity contribution in [1.82, 2.24) is 54.8 Å². The molecule has 0 saturated carbocycles. The van der Waals surface area contributed by atoms with E-state index in [9.17, 15) is 47.3 Å². The first-order valence-electron chi connectivity index (χ1n) is 19.8. The number of nitrogen functional groups attached to an aromatic ring is 1. The summed E-state index contributed by atoms with van der Waals surface area (Å²) in [5.74, 6) is -1.48. The van der Waals surface area contributed by atoms with Gasteiger partial charge in [0.1, 0.15) is 30.4 Å². The second kappa shape index (κ2) is 21.3. The molecule has 0 aliphatic carbocycles. The van der Waals surface area contributed by atoms with Crippen LogP contribution in [0.1, 0.15) is 0 Å². The van der Waals surface area contributed by atoms with Gasteiger partial charge in [-0.25, -0.2) is 43.6 Å². The van der Waals surface area contributed by atoms with Gasteiger partial charge in [-0.1, -0.05) is 42.5 Å². The molecule has 365 valence electrons. The van der Waals surface area contributed by atoms with Crippen molar-refractivity contribution in [3.8, 4) is 45.6 Å². The van der Waals surface area contributed by atoms with Crippen LogP contribution in [0, 0.1) is 0 Å². The van der Waals surface area contributed by atoms with E-state index in [1.165, 1.54) is 66.7 Å². The average molecular weight is 1180 g/mol. The van der Waals surface area contributed by atoms with Gasteiger partial charge in [0.2, 0.25) is 17.2 Å². The normalized spacial score (nSPS) is 12.1. The molecule has 0 fully saturated rings. The maximum absolute atomic E-state index is 14.1. The molecule has 11 rings (SSSR count). The van der Waals surface area contributed by atoms with Gasteiger partial charge in [0.15, 0.2) is 0 Å². The number of nitrogens with one attached hydrogen (secondary N) is 2. The van der Waals surface area contributed by atoms with E-state index in [0.717, 1.165) is 24.3 Å². The SMILES string of the molecule is Nc1nc(Cl)nc(Nc2cccc(NS(=O)(=O)c3ccc4c(c3)-c3nc-4nc4[n-]c(nc5nc(nc6[n-]c(n3)c3cc(S(=O)(=O)[O-])ccc63)-c3cccc(S(=O)(=O)[O-])c3-5)c3cccc(S(=O)(=O)[O-])c43)c2)n1.[Cu+2].[Na+].[Na+].[Na+]. The van der Waals surface area contributed by atoms with Gasteiger partial charge in [-0.05, 0) is 82.4 Å². The Morgan fingerprint density at radius 1 is 0.493 bits per heavy atom. The van der Waals surface area contributed by atoms with E-state index in [2.05, 4.69) is 64.9 Å². The number of rotatable bonds is 8. The molecule has 0 spiro atoms. The summed E-state index contributed by atoms with van der Waals surface area (Å²) in [5, 5.41) is 2.24. The third-order valence-electron chi connectivity index (χ3n) is 10.8. The fraction of sp³-hybridized carbons (Fsp3) is 0. The van der Waals surface area contributed by atoms with Crippen molar-refractivity contribution in [1.29, 1.82) is 0 Å². The first-order chi connectivity index (χ1) is 33.6. The topological polar surface area (TPSA) is 400 Å². The number of nitrogens with two attached hydrogens (primary N) is 1. The fourth-order valence-corrected chi connectivity index (χ4v) is 10.9.